The van der Waals surface area contributed by atoms with E-state index in [1.54, 1.807) is 45.2 Å². The zero-order valence-corrected chi connectivity index (χ0v) is 14.3. The lowest BCUT2D eigenvalue weighted by atomic mass is 10.1. The van der Waals surface area contributed by atoms with Crippen molar-refractivity contribution in [3.05, 3.63) is 46.5 Å². The molecule has 0 spiro atoms. The Labute approximate surface area is 142 Å². The van der Waals surface area contributed by atoms with E-state index in [2.05, 4.69) is 0 Å². The summed E-state index contributed by atoms with van der Waals surface area (Å²) in [5, 5.41) is 2.40. The minimum atomic E-state index is -0.688. The van der Waals surface area contributed by atoms with Crippen LogP contribution >= 0.6 is 11.3 Å². The fourth-order valence-corrected chi connectivity index (χ4v) is 3.19. The van der Waals surface area contributed by atoms with Gasteiger partial charge in [-0.2, -0.15) is 0 Å². The van der Waals surface area contributed by atoms with Crippen LogP contribution in [-0.2, 0) is 4.74 Å². The third-order valence-corrected chi connectivity index (χ3v) is 4.27. The molecule has 0 bridgehead atoms. The van der Waals surface area contributed by atoms with Crippen molar-refractivity contribution in [2.45, 2.75) is 26.4 Å². The second kappa shape index (κ2) is 5.87. The molecule has 0 fully saturated rings. The summed E-state index contributed by atoms with van der Waals surface area (Å²) in [6.45, 7) is 5.26. The number of hydrogen-bond donors (Lipinski definition) is 0. The van der Waals surface area contributed by atoms with Crippen molar-refractivity contribution in [3.63, 3.8) is 0 Å². The number of ether oxygens (including phenoxy) is 1. The molecule has 0 aliphatic rings. The predicted octanol–water partition coefficient (Wildman–Crippen LogP) is 5.10. The Morgan fingerprint density at radius 1 is 1.33 bits per heavy atom. The van der Waals surface area contributed by atoms with E-state index in [9.17, 15) is 14.0 Å². The van der Waals surface area contributed by atoms with Gasteiger partial charge in [-0.1, -0.05) is 12.1 Å². The van der Waals surface area contributed by atoms with Gasteiger partial charge >= 0.3 is 6.09 Å². The smallest absolute Gasteiger partial charge is 0.419 e. The molecule has 0 saturated carbocycles. The summed E-state index contributed by atoms with van der Waals surface area (Å²) in [6.07, 6.45) is 1.68. The molecular formula is C18H16FNO3S. The van der Waals surface area contributed by atoms with Crippen molar-refractivity contribution in [1.29, 1.82) is 0 Å². The number of carbonyl (C=O) groups excluding carboxylic acids is 2. The van der Waals surface area contributed by atoms with Crippen LogP contribution in [-0.4, -0.2) is 22.5 Å². The van der Waals surface area contributed by atoms with Gasteiger partial charge in [0.25, 0.3) is 0 Å². The summed E-state index contributed by atoms with van der Waals surface area (Å²) in [7, 11) is 0. The lowest BCUT2D eigenvalue weighted by Crippen LogP contribution is -2.26. The van der Waals surface area contributed by atoms with Crippen LogP contribution in [0.25, 0.3) is 22.0 Å². The Morgan fingerprint density at radius 2 is 2.08 bits per heavy atom. The molecule has 0 radical (unpaired) electrons. The summed E-state index contributed by atoms with van der Waals surface area (Å²) in [5.41, 5.74) is 0.923. The molecule has 0 N–H and O–H groups in total. The standard InChI is InChI=1S/C18H16FNO3S/c1-18(2,3)23-17(22)20-8-14(11-7-12(9-21)24-10-11)13-5-4-6-15(19)16(13)20/h4-10H,1-3H3. The summed E-state index contributed by atoms with van der Waals surface area (Å²) >= 11 is 1.30. The first-order chi connectivity index (χ1) is 11.3. The number of thiophene rings is 1. The molecule has 2 heterocycles. The largest absolute Gasteiger partial charge is 0.443 e. The van der Waals surface area contributed by atoms with Crippen molar-refractivity contribution in [2.75, 3.05) is 0 Å². The van der Waals surface area contributed by atoms with E-state index in [0.29, 0.717) is 15.8 Å². The second-order valence-electron chi connectivity index (χ2n) is 6.38. The van der Waals surface area contributed by atoms with Crippen LogP contribution in [0.1, 0.15) is 30.4 Å². The van der Waals surface area contributed by atoms with Gasteiger partial charge in [-0.25, -0.2) is 13.8 Å². The molecular weight excluding hydrogens is 329 g/mol. The van der Waals surface area contributed by atoms with Gasteiger partial charge in [0, 0.05) is 17.1 Å². The van der Waals surface area contributed by atoms with Crippen molar-refractivity contribution in [3.8, 4) is 11.1 Å². The average Bonchev–Trinajstić information content (AvgIpc) is 3.09. The number of halogens is 1. The monoisotopic (exact) mass is 345 g/mol. The third-order valence-electron chi connectivity index (χ3n) is 3.41. The van der Waals surface area contributed by atoms with Crippen LogP contribution in [0.2, 0.25) is 0 Å². The second-order valence-corrected chi connectivity index (χ2v) is 7.33. The number of para-hydroxylation sites is 1. The number of fused-ring (bicyclic) bond motifs is 1. The molecule has 4 nitrogen and oxygen atoms in total. The highest BCUT2D eigenvalue weighted by molar-refractivity contribution is 7.12. The van der Waals surface area contributed by atoms with Crippen molar-refractivity contribution in [1.82, 2.24) is 4.57 Å². The Bertz CT molecular complexity index is 934. The van der Waals surface area contributed by atoms with Gasteiger partial charge in [-0.05, 0) is 43.8 Å². The van der Waals surface area contributed by atoms with Gasteiger partial charge in [0.2, 0.25) is 0 Å². The highest BCUT2D eigenvalue weighted by atomic mass is 32.1. The minimum Gasteiger partial charge on any atom is -0.443 e. The molecule has 0 aliphatic heterocycles. The topological polar surface area (TPSA) is 48.3 Å². The highest BCUT2D eigenvalue weighted by Crippen LogP contribution is 2.34. The van der Waals surface area contributed by atoms with Gasteiger partial charge in [0.1, 0.15) is 11.4 Å². The van der Waals surface area contributed by atoms with Crippen LogP contribution in [0.5, 0.6) is 0 Å². The molecule has 3 rings (SSSR count). The first-order valence-corrected chi connectivity index (χ1v) is 8.25. The Kier molecular flexibility index (Phi) is 4.01. The van der Waals surface area contributed by atoms with E-state index in [4.69, 9.17) is 4.74 Å². The lowest BCUT2D eigenvalue weighted by Gasteiger charge is -2.19. The molecule has 2 aromatic heterocycles. The zero-order valence-electron chi connectivity index (χ0n) is 13.5. The molecule has 0 unspecified atom stereocenters. The summed E-state index contributed by atoms with van der Waals surface area (Å²) in [5.74, 6) is -0.504. The van der Waals surface area contributed by atoms with Gasteiger partial charge < -0.3 is 4.74 Å². The van der Waals surface area contributed by atoms with Gasteiger partial charge in [-0.15, -0.1) is 11.3 Å². The van der Waals surface area contributed by atoms with Crippen molar-refractivity contribution < 1.29 is 18.7 Å². The molecule has 3 aromatic rings. The van der Waals surface area contributed by atoms with Gasteiger partial charge in [0.05, 0.1) is 10.4 Å². The van der Waals surface area contributed by atoms with E-state index in [0.717, 1.165) is 11.8 Å². The Morgan fingerprint density at radius 3 is 2.71 bits per heavy atom. The fourth-order valence-electron chi connectivity index (χ4n) is 2.48. The first kappa shape index (κ1) is 16.4. The summed E-state index contributed by atoms with van der Waals surface area (Å²) < 4.78 is 20.9. The third kappa shape index (κ3) is 2.97. The lowest BCUT2D eigenvalue weighted by molar-refractivity contribution is 0.0543. The normalized spacial score (nSPS) is 11.7. The molecule has 0 aliphatic carbocycles. The van der Waals surface area contributed by atoms with E-state index in [1.165, 1.54) is 22.0 Å². The van der Waals surface area contributed by atoms with Crippen molar-refractivity contribution >= 4 is 34.6 Å². The minimum absolute atomic E-state index is 0.167. The van der Waals surface area contributed by atoms with Gasteiger partial charge in [0.15, 0.2) is 6.29 Å². The number of hydrogen-bond acceptors (Lipinski definition) is 4. The maximum absolute atomic E-state index is 14.4. The quantitative estimate of drug-likeness (QED) is 0.607. The first-order valence-electron chi connectivity index (χ1n) is 7.37. The maximum Gasteiger partial charge on any atom is 0.419 e. The van der Waals surface area contributed by atoms with E-state index in [1.807, 2.05) is 5.38 Å². The molecule has 0 saturated heterocycles. The molecule has 0 amide bonds. The highest BCUT2D eigenvalue weighted by Gasteiger charge is 2.23. The van der Waals surface area contributed by atoms with Crippen molar-refractivity contribution in [2.24, 2.45) is 0 Å². The summed E-state index contributed by atoms with van der Waals surface area (Å²) in [6, 6.07) is 6.36. The number of carbonyl (C=O) groups is 2. The predicted molar refractivity (Wildman–Crippen MR) is 92.2 cm³/mol. The van der Waals surface area contributed by atoms with E-state index < -0.39 is 17.5 Å². The maximum atomic E-state index is 14.4. The van der Waals surface area contributed by atoms with E-state index in [-0.39, 0.29) is 5.52 Å². The molecule has 0 atom stereocenters. The molecule has 124 valence electrons. The number of rotatable bonds is 2. The zero-order chi connectivity index (χ0) is 17.5. The Balaban J connectivity index is 2.20. The number of aldehydes is 1. The number of aromatic nitrogens is 1. The molecule has 1 aromatic carbocycles. The van der Waals surface area contributed by atoms with E-state index >= 15 is 0 Å². The average molecular weight is 345 g/mol. The van der Waals surface area contributed by atoms with Crippen LogP contribution in [0, 0.1) is 5.82 Å². The van der Waals surface area contributed by atoms with Crippen LogP contribution in [0.3, 0.4) is 0 Å². The molecule has 6 heteroatoms. The van der Waals surface area contributed by atoms with Crippen LogP contribution in [0.4, 0.5) is 9.18 Å². The van der Waals surface area contributed by atoms with Gasteiger partial charge in [-0.3, -0.25) is 4.79 Å². The Hall–Kier alpha value is -2.47. The summed E-state index contributed by atoms with van der Waals surface area (Å²) in [4.78, 5) is 23.9. The number of nitrogens with zero attached hydrogens (tertiary/aromatic N) is 1. The fraction of sp³-hybridized carbons (Fsp3) is 0.222. The van der Waals surface area contributed by atoms with Crippen LogP contribution < -0.4 is 0 Å². The SMILES string of the molecule is CC(C)(C)OC(=O)n1cc(-c2csc(C=O)c2)c2cccc(F)c21. The molecule has 24 heavy (non-hydrogen) atoms. The van der Waals surface area contributed by atoms with Crippen LogP contribution in [0.15, 0.2) is 35.8 Å². The number of benzene rings is 1.